The minimum atomic E-state index is -2.61. The van der Waals surface area contributed by atoms with Crippen LogP contribution in [0, 0.1) is 0 Å². The van der Waals surface area contributed by atoms with Crippen molar-refractivity contribution in [2.24, 2.45) is 0 Å². The molecule has 0 amide bonds. The van der Waals surface area contributed by atoms with E-state index in [1.807, 2.05) is 11.5 Å². The van der Waals surface area contributed by atoms with E-state index in [0.717, 1.165) is 19.3 Å². The van der Waals surface area contributed by atoms with Gasteiger partial charge in [0.2, 0.25) is 0 Å². The van der Waals surface area contributed by atoms with Gasteiger partial charge in [-0.1, -0.05) is 55.4 Å². The van der Waals surface area contributed by atoms with Crippen LogP contribution in [0.4, 0.5) is 0 Å². The molecule has 1 saturated heterocycles. The van der Waals surface area contributed by atoms with E-state index in [4.69, 9.17) is 13.0 Å². The van der Waals surface area contributed by atoms with Gasteiger partial charge in [0, 0.05) is 5.41 Å². The van der Waals surface area contributed by atoms with Crippen LogP contribution in [0.2, 0.25) is 22.2 Å². The Morgan fingerprint density at radius 1 is 0.926 bits per heavy atom. The summed E-state index contributed by atoms with van der Waals surface area (Å²) in [5, 5.41) is 1.87. The van der Waals surface area contributed by atoms with Gasteiger partial charge in [-0.05, 0) is 47.5 Å². The molecular formula is C20H38O4SSi2. The third-order valence-corrected chi connectivity index (χ3v) is 19.1. The van der Waals surface area contributed by atoms with Gasteiger partial charge in [-0.2, -0.15) is 0 Å². The second kappa shape index (κ2) is 7.47. The molecule has 27 heavy (non-hydrogen) atoms. The molecule has 1 spiro atoms. The second-order valence-corrected chi connectivity index (χ2v) is 20.2. The van der Waals surface area contributed by atoms with Gasteiger partial charge in [0.25, 0.3) is 0 Å². The lowest BCUT2D eigenvalue weighted by Gasteiger charge is -2.54. The zero-order chi connectivity index (χ0) is 20.2. The molecule has 3 aliphatic rings. The maximum absolute atomic E-state index is 13.2. The fourth-order valence-electron chi connectivity index (χ4n) is 5.44. The molecule has 156 valence electrons. The molecule has 4 nitrogen and oxygen atoms in total. The molecule has 2 fully saturated rings. The molecule has 2 aliphatic heterocycles. The summed E-state index contributed by atoms with van der Waals surface area (Å²) in [6, 6.07) is 0. The monoisotopic (exact) mass is 430 g/mol. The average Bonchev–Trinajstić information content (AvgIpc) is 3.09. The Kier molecular flexibility index (Phi) is 6.06. The number of hydrogen-bond donors (Lipinski definition) is 0. The van der Waals surface area contributed by atoms with Gasteiger partial charge in [-0.15, -0.1) is 0 Å². The van der Waals surface area contributed by atoms with Gasteiger partial charge in [0.15, 0.2) is 0 Å². The van der Waals surface area contributed by atoms with E-state index in [9.17, 15) is 4.21 Å². The molecular weight excluding hydrogens is 392 g/mol. The standard InChI is InChI=1S/C20H38O4SSi2/c1-14(2)26(15(3)4)22-18-10-9-12-20(18)19(11-13-25(20)21)23-27(24-26,16(5)6)17(7)8/h11,13-19H,9-10,12H2,1-8H3/t18-,19+,20?,25?/m1/s1. The van der Waals surface area contributed by atoms with Crippen LogP contribution in [-0.2, 0) is 23.8 Å². The molecule has 0 N–H and O–H groups in total. The third kappa shape index (κ3) is 3.11. The summed E-state index contributed by atoms with van der Waals surface area (Å²) in [6.07, 6.45) is 4.81. The van der Waals surface area contributed by atoms with E-state index in [0.29, 0.717) is 22.2 Å². The van der Waals surface area contributed by atoms with E-state index in [1.54, 1.807) is 0 Å². The number of hydrogen-bond acceptors (Lipinski definition) is 4. The molecule has 4 atom stereocenters. The molecule has 2 unspecified atom stereocenters. The zero-order valence-electron chi connectivity index (χ0n) is 18.3. The Hall–Kier alpha value is 0.204. The quantitative estimate of drug-likeness (QED) is 0.552. The van der Waals surface area contributed by atoms with E-state index >= 15 is 0 Å². The van der Waals surface area contributed by atoms with Gasteiger partial charge < -0.3 is 13.0 Å². The molecule has 0 aromatic carbocycles. The maximum atomic E-state index is 13.2. The van der Waals surface area contributed by atoms with Crippen LogP contribution >= 0.6 is 0 Å². The molecule has 1 aliphatic carbocycles. The van der Waals surface area contributed by atoms with Gasteiger partial charge >= 0.3 is 17.1 Å². The second-order valence-electron chi connectivity index (χ2n) is 9.78. The average molecular weight is 431 g/mol. The predicted octanol–water partition coefficient (Wildman–Crippen LogP) is 5.51. The van der Waals surface area contributed by atoms with Crippen LogP contribution in [0.3, 0.4) is 0 Å². The fourth-order valence-corrected chi connectivity index (χ4v) is 18.6. The normalized spacial score (nSPS) is 37.7. The largest absolute Gasteiger partial charge is 0.414 e. The summed E-state index contributed by atoms with van der Waals surface area (Å²) in [5.74, 6) is 0. The highest BCUT2D eigenvalue weighted by Gasteiger charge is 2.66. The summed E-state index contributed by atoms with van der Waals surface area (Å²) in [7, 11) is -6.24. The van der Waals surface area contributed by atoms with Crippen molar-refractivity contribution in [3.05, 3.63) is 11.5 Å². The molecule has 0 aromatic rings. The SMILES string of the molecule is CC(C)[Si]1(C(C)C)O[C@H]2C=CS(=O)C23CCC[C@H]3O[Si](C(C)C)(C(C)C)O1. The van der Waals surface area contributed by atoms with Crippen molar-refractivity contribution >= 4 is 27.9 Å². The van der Waals surface area contributed by atoms with Crippen LogP contribution in [-0.4, -0.2) is 38.3 Å². The molecule has 0 radical (unpaired) electrons. The molecule has 0 bridgehead atoms. The van der Waals surface area contributed by atoms with Gasteiger partial charge in [0.05, 0.1) is 23.0 Å². The van der Waals surface area contributed by atoms with Gasteiger partial charge in [-0.25, -0.2) is 0 Å². The van der Waals surface area contributed by atoms with Crippen molar-refractivity contribution in [1.82, 2.24) is 0 Å². The first-order chi connectivity index (χ1) is 12.5. The van der Waals surface area contributed by atoms with E-state index in [-0.39, 0.29) is 12.2 Å². The molecule has 1 saturated carbocycles. The van der Waals surface area contributed by atoms with Crippen molar-refractivity contribution in [3.63, 3.8) is 0 Å². The summed E-state index contributed by atoms with van der Waals surface area (Å²) in [6.45, 7) is 17.9. The summed E-state index contributed by atoms with van der Waals surface area (Å²) >= 11 is 0. The molecule has 2 heterocycles. The predicted molar refractivity (Wildman–Crippen MR) is 117 cm³/mol. The van der Waals surface area contributed by atoms with E-state index in [2.05, 4.69) is 55.4 Å². The smallest absolute Gasteiger partial charge is 0.335 e. The van der Waals surface area contributed by atoms with Crippen molar-refractivity contribution < 1.29 is 17.2 Å². The number of rotatable bonds is 4. The molecule has 0 aromatic heterocycles. The Balaban J connectivity index is 2.20. The zero-order valence-corrected chi connectivity index (χ0v) is 21.1. The van der Waals surface area contributed by atoms with Crippen molar-refractivity contribution in [2.45, 2.75) is 114 Å². The highest BCUT2D eigenvalue weighted by molar-refractivity contribution is 7.89. The minimum absolute atomic E-state index is 0.0267. The Labute approximate surface area is 170 Å². The van der Waals surface area contributed by atoms with E-state index in [1.165, 1.54) is 0 Å². The third-order valence-electron chi connectivity index (χ3n) is 6.99. The van der Waals surface area contributed by atoms with E-state index < -0.39 is 32.7 Å². The van der Waals surface area contributed by atoms with Crippen molar-refractivity contribution in [1.29, 1.82) is 0 Å². The molecule has 3 rings (SSSR count). The summed E-state index contributed by atoms with van der Waals surface area (Å²) < 4.78 is 34.2. The lowest BCUT2D eigenvalue weighted by Crippen LogP contribution is -2.69. The lowest BCUT2D eigenvalue weighted by atomic mass is 9.98. The summed E-state index contributed by atoms with van der Waals surface area (Å²) in [5.41, 5.74) is 1.26. The topological polar surface area (TPSA) is 44.8 Å². The van der Waals surface area contributed by atoms with Crippen molar-refractivity contribution in [3.8, 4) is 0 Å². The Morgan fingerprint density at radius 2 is 1.44 bits per heavy atom. The maximum Gasteiger partial charge on any atom is 0.335 e. The van der Waals surface area contributed by atoms with Crippen LogP contribution in [0.5, 0.6) is 0 Å². The highest BCUT2D eigenvalue weighted by Crippen LogP contribution is 2.54. The first kappa shape index (κ1) is 21.9. The van der Waals surface area contributed by atoms with Crippen LogP contribution in [0.1, 0.15) is 74.7 Å². The summed E-state index contributed by atoms with van der Waals surface area (Å²) in [4.78, 5) is 0. The first-order valence-corrected chi connectivity index (χ1v) is 15.8. The van der Waals surface area contributed by atoms with Gasteiger partial charge in [-0.3, -0.25) is 4.21 Å². The van der Waals surface area contributed by atoms with Gasteiger partial charge in [0.1, 0.15) is 4.75 Å². The van der Waals surface area contributed by atoms with Crippen LogP contribution in [0.25, 0.3) is 0 Å². The van der Waals surface area contributed by atoms with Crippen molar-refractivity contribution in [2.75, 3.05) is 0 Å². The lowest BCUT2D eigenvalue weighted by molar-refractivity contribution is 0.0257. The Bertz CT molecular complexity index is 603. The first-order valence-electron chi connectivity index (χ1n) is 10.7. The minimum Gasteiger partial charge on any atom is -0.414 e. The van der Waals surface area contributed by atoms with Crippen LogP contribution < -0.4 is 0 Å². The highest BCUT2D eigenvalue weighted by atomic mass is 32.2. The Morgan fingerprint density at radius 3 is 1.96 bits per heavy atom. The molecule has 7 heteroatoms. The fraction of sp³-hybridized carbons (Fsp3) is 0.900. The van der Waals surface area contributed by atoms with Crippen LogP contribution in [0.15, 0.2) is 11.5 Å².